The van der Waals surface area contributed by atoms with Crippen LogP contribution < -0.4 is 0 Å². The number of carboxylic acids is 1. The van der Waals surface area contributed by atoms with Gasteiger partial charge in [-0.05, 0) is 39.2 Å². The minimum atomic E-state index is -0.730. The third-order valence-corrected chi connectivity index (χ3v) is 4.89. The molecule has 2 aliphatic rings. The van der Waals surface area contributed by atoms with Gasteiger partial charge in [0.1, 0.15) is 0 Å². The normalized spacial score (nSPS) is 24.7. The van der Waals surface area contributed by atoms with Crippen LogP contribution in [0.1, 0.15) is 51.9 Å². The fourth-order valence-corrected chi connectivity index (χ4v) is 3.71. The second-order valence-corrected chi connectivity index (χ2v) is 6.38. The summed E-state index contributed by atoms with van der Waals surface area (Å²) in [6.45, 7) is 4.55. The Bertz CT molecular complexity index is 367. The Labute approximate surface area is 127 Å². The van der Waals surface area contributed by atoms with Crippen LogP contribution in [-0.2, 0) is 9.59 Å². The molecule has 2 fully saturated rings. The number of amides is 1. The first-order valence-corrected chi connectivity index (χ1v) is 8.36. The van der Waals surface area contributed by atoms with Crippen LogP contribution in [0.3, 0.4) is 0 Å². The van der Waals surface area contributed by atoms with E-state index in [2.05, 4.69) is 0 Å². The molecular weight excluding hydrogens is 268 g/mol. The van der Waals surface area contributed by atoms with Gasteiger partial charge in [-0.25, -0.2) is 0 Å². The summed E-state index contributed by atoms with van der Waals surface area (Å²) in [5.74, 6) is -0.862. The molecule has 5 nitrogen and oxygen atoms in total. The van der Waals surface area contributed by atoms with Crippen LogP contribution in [-0.4, -0.2) is 59.0 Å². The van der Waals surface area contributed by atoms with Crippen LogP contribution in [0.4, 0.5) is 0 Å². The smallest absolute Gasteiger partial charge is 0.307 e. The molecule has 1 heterocycles. The number of rotatable bonds is 5. The van der Waals surface area contributed by atoms with Crippen molar-refractivity contribution in [2.45, 2.75) is 57.9 Å². The predicted molar refractivity (Wildman–Crippen MR) is 81.1 cm³/mol. The lowest BCUT2D eigenvalue weighted by atomic mass is 9.94. The Morgan fingerprint density at radius 1 is 1.14 bits per heavy atom. The van der Waals surface area contributed by atoms with E-state index in [0.717, 1.165) is 38.8 Å². The number of hydrogen-bond donors (Lipinski definition) is 1. The minimum absolute atomic E-state index is 0.176. The van der Waals surface area contributed by atoms with E-state index >= 15 is 0 Å². The molecule has 21 heavy (non-hydrogen) atoms. The van der Waals surface area contributed by atoms with E-state index in [1.807, 2.05) is 16.7 Å². The van der Waals surface area contributed by atoms with E-state index in [1.165, 1.54) is 19.3 Å². The number of aliphatic carboxylic acids is 1. The van der Waals surface area contributed by atoms with Crippen molar-refractivity contribution in [3.8, 4) is 0 Å². The van der Waals surface area contributed by atoms with Gasteiger partial charge < -0.3 is 10.0 Å². The van der Waals surface area contributed by atoms with E-state index < -0.39 is 5.97 Å². The van der Waals surface area contributed by atoms with E-state index in [9.17, 15) is 9.59 Å². The SMILES string of the molecule is CCN(C(=O)CN1CCCC(C(=O)O)C1)C1CCCCC1. The molecule has 5 heteroatoms. The highest BCUT2D eigenvalue weighted by atomic mass is 16.4. The molecule has 1 saturated carbocycles. The minimum Gasteiger partial charge on any atom is -0.481 e. The van der Waals surface area contributed by atoms with Gasteiger partial charge in [0.25, 0.3) is 0 Å². The molecule has 2 rings (SSSR count). The average Bonchev–Trinajstić information content (AvgIpc) is 2.49. The Kier molecular flexibility index (Phi) is 6.03. The Hall–Kier alpha value is -1.10. The summed E-state index contributed by atoms with van der Waals surface area (Å²) in [4.78, 5) is 27.7. The van der Waals surface area contributed by atoms with Crippen LogP contribution in [0.5, 0.6) is 0 Å². The summed E-state index contributed by atoms with van der Waals surface area (Å²) < 4.78 is 0. The van der Waals surface area contributed by atoms with Crippen LogP contribution >= 0.6 is 0 Å². The fourth-order valence-electron chi connectivity index (χ4n) is 3.71. The van der Waals surface area contributed by atoms with Gasteiger partial charge in [0.05, 0.1) is 12.5 Å². The van der Waals surface area contributed by atoms with E-state index in [-0.39, 0.29) is 11.8 Å². The van der Waals surface area contributed by atoms with Gasteiger partial charge in [0.15, 0.2) is 0 Å². The largest absolute Gasteiger partial charge is 0.481 e. The maximum Gasteiger partial charge on any atom is 0.307 e. The molecule has 0 aromatic carbocycles. The van der Waals surface area contributed by atoms with Crippen molar-refractivity contribution in [1.82, 2.24) is 9.80 Å². The van der Waals surface area contributed by atoms with Crippen LogP contribution in [0, 0.1) is 5.92 Å². The predicted octanol–water partition coefficient (Wildman–Crippen LogP) is 1.96. The molecule has 1 aliphatic heterocycles. The average molecular weight is 296 g/mol. The van der Waals surface area contributed by atoms with Gasteiger partial charge in [-0.2, -0.15) is 0 Å². The summed E-state index contributed by atoms with van der Waals surface area (Å²) in [6.07, 6.45) is 7.59. The second kappa shape index (κ2) is 7.78. The Morgan fingerprint density at radius 2 is 1.86 bits per heavy atom. The maximum atomic E-state index is 12.6. The molecular formula is C16H28N2O3. The van der Waals surface area contributed by atoms with Crippen molar-refractivity contribution in [3.63, 3.8) is 0 Å². The molecule has 0 aromatic heterocycles. The van der Waals surface area contributed by atoms with Crippen molar-refractivity contribution < 1.29 is 14.7 Å². The van der Waals surface area contributed by atoms with Gasteiger partial charge in [0.2, 0.25) is 5.91 Å². The first-order valence-electron chi connectivity index (χ1n) is 8.36. The Balaban J connectivity index is 1.87. The van der Waals surface area contributed by atoms with Crippen molar-refractivity contribution in [1.29, 1.82) is 0 Å². The van der Waals surface area contributed by atoms with E-state index in [4.69, 9.17) is 5.11 Å². The topological polar surface area (TPSA) is 60.9 Å². The van der Waals surface area contributed by atoms with Crippen molar-refractivity contribution in [2.75, 3.05) is 26.2 Å². The number of carboxylic acid groups (broad SMARTS) is 1. The molecule has 1 N–H and O–H groups in total. The van der Waals surface area contributed by atoms with Crippen LogP contribution in [0.2, 0.25) is 0 Å². The number of likely N-dealkylation sites (tertiary alicyclic amines) is 1. The van der Waals surface area contributed by atoms with Crippen molar-refractivity contribution in [2.24, 2.45) is 5.92 Å². The highest BCUT2D eigenvalue weighted by Crippen LogP contribution is 2.23. The van der Waals surface area contributed by atoms with Crippen molar-refractivity contribution in [3.05, 3.63) is 0 Å². The van der Waals surface area contributed by atoms with Crippen molar-refractivity contribution >= 4 is 11.9 Å². The summed E-state index contributed by atoms with van der Waals surface area (Å²) >= 11 is 0. The van der Waals surface area contributed by atoms with Gasteiger partial charge >= 0.3 is 5.97 Å². The van der Waals surface area contributed by atoms with Crippen LogP contribution in [0.15, 0.2) is 0 Å². The quantitative estimate of drug-likeness (QED) is 0.842. The number of carbonyl (C=O) groups excluding carboxylic acids is 1. The monoisotopic (exact) mass is 296 g/mol. The van der Waals surface area contributed by atoms with Gasteiger partial charge in [-0.3, -0.25) is 14.5 Å². The zero-order chi connectivity index (χ0) is 15.2. The van der Waals surface area contributed by atoms with Crippen LogP contribution in [0.25, 0.3) is 0 Å². The lowest BCUT2D eigenvalue weighted by Gasteiger charge is -2.36. The first kappa shape index (κ1) is 16.3. The number of carbonyl (C=O) groups is 2. The maximum absolute atomic E-state index is 12.6. The zero-order valence-electron chi connectivity index (χ0n) is 13.1. The lowest BCUT2D eigenvalue weighted by molar-refractivity contribution is -0.145. The number of hydrogen-bond acceptors (Lipinski definition) is 3. The number of likely N-dealkylation sites (N-methyl/N-ethyl adjacent to an activating group) is 1. The Morgan fingerprint density at radius 3 is 2.48 bits per heavy atom. The standard InChI is InChI=1S/C16H28N2O3/c1-2-18(14-8-4-3-5-9-14)15(19)12-17-10-6-7-13(11-17)16(20)21/h13-14H,2-12H2,1H3,(H,20,21). The summed E-state index contributed by atoms with van der Waals surface area (Å²) in [7, 11) is 0. The summed E-state index contributed by atoms with van der Waals surface area (Å²) in [6, 6.07) is 0.399. The zero-order valence-corrected chi connectivity index (χ0v) is 13.1. The molecule has 0 bridgehead atoms. The molecule has 1 amide bonds. The summed E-state index contributed by atoms with van der Waals surface area (Å²) in [5, 5.41) is 9.13. The highest BCUT2D eigenvalue weighted by Gasteiger charge is 2.29. The molecule has 0 aromatic rings. The molecule has 0 radical (unpaired) electrons. The van der Waals surface area contributed by atoms with Gasteiger partial charge in [-0.1, -0.05) is 19.3 Å². The third kappa shape index (κ3) is 4.43. The second-order valence-electron chi connectivity index (χ2n) is 6.38. The molecule has 1 saturated heterocycles. The number of piperidine rings is 1. The van der Waals surface area contributed by atoms with Gasteiger partial charge in [-0.15, -0.1) is 0 Å². The summed E-state index contributed by atoms with van der Waals surface area (Å²) in [5.41, 5.74) is 0. The number of nitrogens with zero attached hydrogens (tertiary/aromatic N) is 2. The highest BCUT2D eigenvalue weighted by molar-refractivity contribution is 5.78. The van der Waals surface area contributed by atoms with Gasteiger partial charge in [0, 0.05) is 19.1 Å². The molecule has 120 valence electrons. The molecule has 0 spiro atoms. The lowest BCUT2D eigenvalue weighted by Crippen LogP contribution is -2.48. The fraction of sp³-hybridized carbons (Fsp3) is 0.875. The molecule has 1 aliphatic carbocycles. The molecule has 1 atom stereocenters. The first-order chi connectivity index (χ1) is 10.1. The van der Waals surface area contributed by atoms with E-state index in [0.29, 0.717) is 19.1 Å². The van der Waals surface area contributed by atoms with E-state index in [1.54, 1.807) is 0 Å². The molecule has 1 unspecified atom stereocenters. The third-order valence-electron chi connectivity index (χ3n) is 4.89.